The first kappa shape index (κ1) is 14.6. The highest BCUT2D eigenvalue weighted by Gasteiger charge is 2.31. The zero-order valence-corrected chi connectivity index (χ0v) is 11.5. The molecule has 0 saturated heterocycles. The van der Waals surface area contributed by atoms with Crippen molar-refractivity contribution in [2.45, 2.75) is 39.4 Å². The van der Waals surface area contributed by atoms with Crippen LogP contribution in [0.25, 0.3) is 10.9 Å². The summed E-state index contributed by atoms with van der Waals surface area (Å²) in [7, 11) is 0. The molecule has 2 aromatic rings. The fourth-order valence-electron chi connectivity index (χ4n) is 2.10. The van der Waals surface area contributed by atoms with E-state index in [0.717, 1.165) is 12.1 Å². The molecular formula is C14H15F3N2O. The number of aromatic nitrogens is 2. The van der Waals surface area contributed by atoms with E-state index in [0.29, 0.717) is 12.1 Å². The van der Waals surface area contributed by atoms with Crippen molar-refractivity contribution in [3.8, 4) is 0 Å². The Morgan fingerprint density at radius 3 is 2.45 bits per heavy atom. The van der Waals surface area contributed by atoms with Gasteiger partial charge in [-0.2, -0.15) is 18.3 Å². The van der Waals surface area contributed by atoms with Crippen LogP contribution in [0.2, 0.25) is 0 Å². The maximum atomic E-state index is 12.8. The first-order valence-corrected chi connectivity index (χ1v) is 6.38. The van der Waals surface area contributed by atoms with Crippen molar-refractivity contribution < 1.29 is 13.2 Å². The van der Waals surface area contributed by atoms with Crippen LogP contribution in [-0.4, -0.2) is 9.78 Å². The molecule has 0 saturated carbocycles. The summed E-state index contributed by atoms with van der Waals surface area (Å²) in [6, 6.07) is 3.03. The average molecular weight is 284 g/mol. The Bertz CT molecular complexity index is 702. The highest BCUT2D eigenvalue weighted by Crippen LogP contribution is 2.31. The maximum Gasteiger partial charge on any atom is 0.416 e. The van der Waals surface area contributed by atoms with E-state index in [1.54, 1.807) is 6.92 Å². The van der Waals surface area contributed by atoms with Crippen molar-refractivity contribution in [1.82, 2.24) is 9.78 Å². The molecule has 0 amide bonds. The highest BCUT2D eigenvalue weighted by molar-refractivity contribution is 5.79. The molecule has 0 N–H and O–H groups in total. The van der Waals surface area contributed by atoms with Crippen LogP contribution in [0.5, 0.6) is 0 Å². The van der Waals surface area contributed by atoms with Gasteiger partial charge < -0.3 is 0 Å². The van der Waals surface area contributed by atoms with Gasteiger partial charge >= 0.3 is 6.18 Å². The molecule has 0 fully saturated rings. The maximum absolute atomic E-state index is 12.8. The number of nitrogens with zero attached hydrogens (tertiary/aromatic N) is 2. The Labute approximate surface area is 114 Å². The van der Waals surface area contributed by atoms with E-state index in [-0.39, 0.29) is 22.4 Å². The number of alkyl halides is 3. The summed E-state index contributed by atoms with van der Waals surface area (Å²) in [6.07, 6.45) is -3.99. The minimum Gasteiger partial charge on any atom is -0.287 e. The van der Waals surface area contributed by atoms with Crippen molar-refractivity contribution in [3.63, 3.8) is 0 Å². The second kappa shape index (κ2) is 4.92. The summed E-state index contributed by atoms with van der Waals surface area (Å²) in [5, 5.41) is 4.45. The van der Waals surface area contributed by atoms with Crippen LogP contribution in [-0.2, 0) is 12.6 Å². The van der Waals surface area contributed by atoms with Crippen LogP contribution in [0.15, 0.2) is 23.0 Å². The van der Waals surface area contributed by atoms with Crippen molar-refractivity contribution in [2.24, 2.45) is 0 Å². The zero-order valence-electron chi connectivity index (χ0n) is 11.5. The topological polar surface area (TPSA) is 34.9 Å². The molecule has 0 aliphatic heterocycles. The lowest BCUT2D eigenvalue weighted by Gasteiger charge is -2.16. The summed E-state index contributed by atoms with van der Waals surface area (Å²) in [4.78, 5) is 12.1. The van der Waals surface area contributed by atoms with Gasteiger partial charge in [-0.1, -0.05) is 6.92 Å². The molecule has 0 atom stereocenters. The number of hydrogen-bond donors (Lipinski definition) is 0. The van der Waals surface area contributed by atoms with Crippen LogP contribution in [0.4, 0.5) is 13.2 Å². The van der Waals surface area contributed by atoms with Crippen molar-refractivity contribution >= 4 is 10.9 Å². The van der Waals surface area contributed by atoms with Gasteiger partial charge in [0.25, 0.3) is 0 Å². The zero-order chi connectivity index (χ0) is 15.1. The smallest absolute Gasteiger partial charge is 0.287 e. The van der Waals surface area contributed by atoms with Crippen molar-refractivity contribution in [3.05, 3.63) is 39.7 Å². The van der Waals surface area contributed by atoms with Crippen LogP contribution in [0.1, 0.15) is 38.1 Å². The van der Waals surface area contributed by atoms with Gasteiger partial charge in [0.1, 0.15) is 5.69 Å². The third-order valence-electron chi connectivity index (χ3n) is 3.13. The Morgan fingerprint density at radius 2 is 1.95 bits per heavy atom. The first-order chi connectivity index (χ1) is 9.25. The molecule has 6 heteroatoms. The summed E-state index contributed by atoms with van der Waals surface area (Å²) in [5.74, 6) is 0. The molecule has 0 spiro atoms. The Balaban J connectivity index is 2.87. The largest absolute Gasteiger partial charge is 0.416 e. The van der Waals surface area contributed by atoms with Gasteiger partial charge in [0, 0.05) is 11.4 Å². The number of hydrogen-bond acceptors (Lipinski definition) is 2. The summed E-state index contributed by atoms with van der Waals surface area (Å²) >= 11 is 0. The SMILES string of the molecule is CCc1nn(C(C)C)c2cc(C(F)(F)F)ccc2c1=O. The molecule has 1 heterocycles. The molecule has 0 bridgehead atoms. The Kier molecular flexibility index (Phi) is 3.58. The Hall–Kier alpha value is -1.85. The lowest BCUT2D eigenvalue weighted by molar-refractivity contribution is -0.137. The molecule has 0 aliphatic rings. The van der Waals surface area contributed by atoms with Crippen LogP contribution in [0.3, 0.4) is 0 Å². The van der Waals surface area contributed by atoms with Crippen molar-refractivity contribution in [2.75, 3.05) is 0 Å². The number of halogens is 3. The van der Waals surface area contributed by atoms with Gasteiger partial charge in [-0.3, -0.25) is 9.48 Å². The van der Waals surface area contributed by atoms with Crippen LogP contribution < -0.4 is 5.43 Å². The number of benzene rings is 1. The van der Waals surface area contributed by atoms with E-state index in [1.807, 2.05) is 13.8 Å². The molecule has 1 aromatic heterocycles. The normalized spacial score (nSPS) is 12.3. The second-order valence-corrected chi connectivity index (χ2v) is 4.90. The molecule has 108 valence electrons. The molecule has 20 heavy (non-hydrogen) atoms. The molecule has 0 unspecified atom stereocenters. The van der Waals surface area contributed by atoms with E-state index in [2.05, 4.69) is 5.10 Å². The minimum absolute atomic E-state index is 0.133. The quantitative estimate of drug-likeness (QED) is 0.845. The molecule has 3 nitrogen and oxygen atoms in total. The second-order valence-electron chi connectivity index (χ2n) is 4.90. The highest BCUT2D eigenvalue weighted by atomic mass is 19.4. The number of aryl methyl sites for hydroxylation is 1. The van der Waals surface area contributed by atoms with Gasteiger partial charge in [0.2, 0.25) is 5.43 Å². The fraction of sp³-hybridized carbons (Fsp3) is 0.429. The first-order valence-electron chi connectivity index (χ1n) is 6.38. The number of rotatable bonds is 2. The third-order valence-corrected chi connectivity index (χ3v) is 3.13. The summed E-state index contributed by atoms with van der Waals surface area (Å²) in [5.41, 5.74) is -0.485. The summed E-state index contributed by atoms with van der Waals surface area (Å²) in [6.45, 7) is 5.43. The lowest BCUT2D eigenvalue weighted by atomic mass is 10.1. The fourth-order valence-corrected chi connectivity index (χ4v) is 2.10. The monoisotopic (exact) mass is 284 g/mol. The van der Waals surface area contributed by atoms with E-state index < -0.39 is 11.7 Å². The van der Waals surface area contributed by atoms with Gasteiger partial charge in [-0.05, 0) is 38.5 Å². The molecule has 0 radical (unpaired) electrons. The van der Waals surface area contributed by atoms with E-state index in [4.69, 9.17) is 0 Å². The molecular weight excluding hydrogens is 269 g/mol. The molecule has 0 aliphatic carbocycles. The molecule has 2 rings (SSSR count). The van der Waals surface area contributed by atoms with Gasteiger partial charge in [-0.25, -0.2) is 0 Å². The molecule has 1 aromatic carbocycles. The van der Waals surface area contributed by atoms with E-state index in [9.17, 15) is 18.0 Å². The van der Waals surface area contributed by atoms with Gasteiger partial charge in [0.05, 0.1) is 11.1 Å². The Morgan fingerprint density at radius 1 is 1.30 bits per heavy atom. The third kappa shape index (κ3) is 2.42. The van der Waals surface area contributed by atoms with Gasteiger partial charge in [-0.15, -0.1) is 0 Å². The summed E-state index contributed by atoms with van der Waals surface area (Å²) < 4.78 is 39.8. The minimum atomic E-state index is -4.44. The predicted molar refractivity (Wildman–Crippen MR) is 70.8 cm³/mol. The van der Waals surface area contributed by atoms with Crippen LogP contribution >= 0.6 is 0 Å². The van der Waals surface area contributed by atoms with E-state index >= 15 is 0 Å². The van der Waals surface area contributed by atoms with Crippen LogP contribution in [0, 0.1) is 0 Å². The predicted octanol–water partition coefficient (Wildman–Crippen LogP) is 3.56. The van der Waals surface area contributed by atoms with E-state index in [1.165, 1.54) is 10.7 Å². The average Bonchev–Trinajstić information content (AvgIpc) is 2.37. The number of fused-ring (bicyclic) bond motifs is 1. The lowest BCUT2D eigenvalue weighted by Crippen LogP contribution is -2.20. The van der Waals surface area contributed by atoms with Crippen molar-refractivity contribution in [1.29, 1.82) is 0 Å². The standard InChI is InChI=1S/C14H15F3N2O/c1-4-11-13(20)10-6-5-9(14(15,16)17)7-12(10)19(18-11)8(2)3/h5-8H,4H2,1-3H3. The van der Waals surface area contributed by atoms with Gasteiger partial charge in [0.15, 0.2) is 0 Å².